The van der Waals surface area contributed by atoms with Crippen LogP contribution in [0.3, 0.4) is 0 Å². The number of benzene rings is 1. The van der Waals surface area contributed by atoms with Gasteiger partial charge in [0.25, 0.3) is 10.2 Å². The summed E-state index contributed by atoms with van der Waals surface area (Å²) < 4.78 is 35.1. The smallest absolute Gasteiger partial charge is 0.282 e. The van der Waals surface area contributed by atoms with Crippen molar-refractivity contribution in [1.29, 1.82) is 0 Å². The lowest BCUT2D eigenvalue weighted by molar-refractivity contribution is -0.131. The van der Waals surface area contributed by atoms with Crippen molar-refractivity contribution in [2.75, 3.05) is 52.5 Å². The predicted octanol–water partition coefficient (Wildman–Crippen LogP) is -1.07. The van der Waals surface area contributed by atoms with Crippen molar-refractivity contribution in [1.82, 2.24) is 33.7 Å². The van der Waals surface area contributed by atoms with E-state index in [2.05, 4.69) is 15.5 Å². The number of piperazine rings is 1. The summed E-state index contributed by atoms with van der Waals surface area (Å²) in [5.41, 5.74) is 1.70. The molecule has 2 aliphatic rings. The van der Waals surface area contributed by atoms with Crippen molar-refractivity contribution in [3.8, 4) is 5.69 Å². The molecule has 156 valence electrons. The molecule has 1 amide bonds. The second kappa shape index (κ2) is 8.53. The molecule has 2 saturated heterocycles. The molecule has 3 heterocycles. The third-order valence-corrected chi connectivity index (χ3v) is 7.15. The molecule has 2 aromatic rings. The van der Waals surface area contributed by atoms with Gasteiger partial charge in [-0.25, -0.2) is 4.68 Å². The Balaban J connectivity index is 1.31. The molecular formula is C17H23N7O4S. The minimum absolute atomic E-state index is 0.0106. The monoisotopic (exact) mass is 421 g/mol. The SMILES string of the molecule is O=C(Cc1ccc(-n2cnnn2)cc1)N1CCN(S(=O)(=O)N2CCOCC2)CC1. The van der Waals surface area contributed by atoms with Crippen molar-refractivity contribution < 1.29 is 17.9 Å². The van der Waals surface area contributed by atoms with E-state index in [1.165, 1.54) is 14.9 Å². The number of nitrogens with zero attached hydrogens (tertiary/aromatic N) is 7. The van der Waals surface area contributed by atoms with Gasteiger partial charge >= 0.3 is 0 Å². The molecule has 0 radical (unpaired) electrons. The summed E-state index contributed by atoms with van der Waals surface area (Å²) in [7, 11) is -3.49. The van der Waals surface area contributed by atoms with Crippen LogP contribution >= 0.6 is 0 Å². The van der Waals surface area contributed by atoms with Crippen molar-refractivity contribution in [2.45, 2.75) is 6.42 Å². The van der Waals surface area contributed by atoms with Crippen molar-refractivity contribution >= 4 is 16.1 Å². The van der Waals surface area contributed by atoms with E-state index >= 15 is 0 Å². The van der Waals surface area contributed by atoms with Gasteiger partial charge in [-0.15, -0.1) is 5.10 Å². The molecule has 0 bridgehead atoms. The van der Waals surface area contributed by atoms with E-state index in [1.807, 2.05) is 24.3 Å². The number of rotatable bonds is 5. The van der Waals surface area contributed by atoms with Crippen LogP contribution in [-0.2, 0) is 26.2 Å². The number of carbonyl (C=O) groups is 1. The number of ether oxygens (including phenoxy) is 1. The van der Waals surface area contributed by atoms with E-state index in [9.17, 15) is 13.2 Å². The number of hydrogen-bond donors (Lipinski definition) is 0. The van der Waals surface area contributed by atoms with Crippen LogP contribution in [-0.4, -0.2) is 101 Å². The molecule has 2 fully saturated rings. The van der Waals surface area contributed by atoms with Crippen molar-refractivity contribution in [3.63, 3.8) is 0 Å². The first-order valence-electron chi connectivity index (χ1n) is 9.47. The quantitative estimate of drug-likeness (QED) is 0.604. The second-order valence-corrected chi connectivity index (χ2v) is 8.83. The molecule has 1 aromatic heterocycles. The fraction of sp³-hybridized carbons (Fsp3) is 0.529. The number of hydrogen-bond acceptors (Lipinski definition) is 7. The van der Waals surface area contributed by atoms with E-state index in [4.69, 9.17) is 4.74 Å². The first-order valence-corrected chi connectivity index (χ1v) is 10.9. The molecule has 0 saturated carbocycles. The third-order valence-electron chi connectivity index (χ3n) is 5.12. The Kier molecular flexibility index (Phi) is 5.85. The lowest BCUT2D eigenvalue weighted by Gasteiger charge is -2.37. The van der Waals surface area contributed by atoms with Gasteiger partial charge in [-0.1, -0.05) is 12.1 Å². The summed E-state index contributed by atoms with van der Waals surface area (Å²) in [6, 6.07) is 7.44. The van der Waals surface area contributed by atoms with Gasteiger partial charge in [0.2, 0.25) is 5.91 Å². The van der Waals surface area contributed by atoms with Crippen LogP contribution in [0.4, 0.5) is 0 Å². The summed E-state index contributed by atoms with van der Waals surface area (Å²) in [6.45, 7) is 3.00. The fourth-order valence-electron chi connectivity index (χ4n) is 3.44. The minimum Gasteiger partial charge on any atom is -0.379 e. The van der Waals surface area contributed by atoms with Crippen LogP contribution in [0.1, 0.15) is 5.56 Å². The maximum Gasteiger partial charge on any atom is 0.282 e. The van der Waals surface area contributed by atoms with E-state index in [-0.39, 0.29) is 12.3 Å². The van der Waals surface area contributed by atoms with Crippen LogP contribution in [0, 0.1) is 0 Å². The first kappa shape index (κ1) is 19.9. The van der Waals surface area contributed by atoms with Gasteiger partial charge in [0.1, 0.15) is 6.33 Å². The third kappa shape index (κ3) is 4.45. The van der Waals surface area contributed by atoms with Crippen LogP contribution in [0.25, 0.3) is 5.69 Å². The molecule has 2 aliphatic heterocycles. The maximum absolute atomic E-state index is 12.7. The lowest BCUT2D eigenvalue weighted by Crippen LogP contribution is -2.56. The normalized spacial score (nSPS) is 19.4. The molecule has 29 heavy (non-hydrogen) atoms. The molecule has 0 unspecified atom stereocenters. The minimum atomic E-state index is -3.49. The van der Waals surface area contributed by atoms with E-state index < -0.39 is 10.2 Å². The topological polar surface area (TPSA) is 114 Å². The van der Waals surface area contributed by atoms with Gasteiger partial charge in [0.05, 0.1) is 25.3 Å². The summed E-state index contributed by atoms with van der Waals surface area (Å²) >= 11 is 0. The summed E-state index contributed by atoms with van der Waals surface area (Å²) in [6.07, 6.45) is 1.77. The van der Waals surface area contributed by atoms with E-state index in [0.29, 0.717) is 52.5 Å². The molecule has 0 atom stereocenters. The molecule has 0 spiro atoms. The number of carbonyl (C=O) groups excluding carboxylic acids is 1. The molecule has 11 nitrogen and oxygen atoms in total. The highest BCUT2D eigenvalue weighted by Gasteiger charge is 2.34. The maximum atomic E-state index is 12.7. The zero-order chi connectivity index (χ0) is 20.3. The van der Waals surface area contributed by atoms with E-state index in [1.54, 1.807) is 9.58 Å². The van der Waals surface area contributed by atoms with Crippen LogP contribution in [0.15, 0.2) is 30.6 Å². The Labute approximate surface area is 169 Å². The molecule has 12 heteroatoms. The fourth-order valence-corrected chi connectivity index (χ4v) is 5.00. The van der Waals surface area contributed by atoms with Crippen LogP contribution < -0.4 is 0 Å². The van der Waals surface area contributed by atoms with Gasteiger partial charge < -0.3 is 9.64 Å². The number of tetrazole rings is 1. The van der Waals surface area contributed by atoms with Crippen molar-refractivity contribution in [2.24, 2.45) is 0 Å². The zero-order valence-electron chi connectivity index (χ0n) is 15.9. The Morgan fingerprint density at radius 2 is 1.62 bits per heavy atom. The highest BCUT2D eigenvalue weighted by atomic mass is 32.2. The van der Waals surface area contributed by atoms with Crippen LogP contribution in [0.2, 0.25) is 0 Å². The highest BCUT2D eigenvalue weighted by molar-refractivity contribution is 7.86. The van der Waals surface area contributed by atoms with E-state index in [0.717, 1.165) is 11.3 Å². The Bertz CT molecular complexity index is 919. The largest absolute Gasteiger partial charge is 0.379 e. The Hall–Kier alpha value is -2.41. The van der Waals surface area contributed by atoms with Gasteiger partial charge in [-0.3, -0.25) is 4.79 Å². The average molecular weight is 421 g/mol. The summed E-state index contributed by atoms with van der Waals surface area (Å²) in [4.78, 5) is 14.4. The second-order valence-electron chi connectivity index (χ2n) is 6.90. The Morgan fingerprint density at radius 1 is 0.966 bits per heavy atom. The highest BCUT2D eigenvalue weighted by Crippen LogP contribution is 2.15. The van der Waals surface area contributed by atoms with Crippen LogP contribution in [0.5, 0.6) is 0 Å². The average Bonchev–Trinajstić information content (AvgIpc) is 3.30. The molecule has 0 N–H and O–H groups in total. The lowest BCUT2D eigenvalue weighted by atomic mass is 10.1. The van der Waals surface area contributed by atoms with Gasteiger partial charge in [0.15, 0.2) is 0 Å². The zero-order valence-corrected chi connectivity index (χ0v) is 16.7. The first-order chi connectivity index (χ1) is 14.0. The molecular weight excluding hydrogens is 398 g/mol. The molecule has 0 aliphatic carbocycles. The summed E-state index contributed by atoms with van der Waals surface area (Å²) in [5.74, 6) is -0.0106. The number of morpholine rings is 1. The predicted molar refractivity (Wildman–Crippen MR) is 102 cm³/mol. The number of aromatic nitrogens is 4. The van der Waals surface area contributed by atoms with Gasteiger partial charge in [-0.2, -0.15) is 17.0 Å². The summed E-state index contributed by atoms with van der Waals surface area (Å²) in [5, 5.41) is 11.0. The molecule has 4 rings (SSSR count). The van der Waals surface area contributed by atoms with Gasteiger partial charge in [-0.05, 0) is 28.1 Å². The molecule has 1 aromatic carbocycles. The standard InChI is InChI=1S/C17H23N7O4S/c25-17(13-15-1-3-16(4-2-15)24-14-18-19-20-24)21-5-7-22(8-6-21)29(26,27)23-9-11-28-12-10-23/h1-4,14H,5-13H2. The van der Waals surface area contributed by atoms with Gasteiger partial charge in [0, 0.05) is 39.3 Å². The number of amides is 1. The van der Waals surface area contributed by atoms with Crippen molar-refractivity contribution in [3.05, 3.63) is 36.2 Å². The Morgan fingerprint density at radius 3 is 2.24 bits per heavy atom.